The molecule has 8 heavy (non-hydrogen) atoms. The maximum Gasteiger partial charge on any atom is 0.216 e. The molecule has 0 saturated heterocycles. The summed E-state index contributed by atoms with van der Waals surface area (Å²) in [6.45, 7) is 5.91. The molecule has 1 N–H and O–H groups in total. The maximum absolute atomic E-state index is 10.2. The molecule has 0 saturated carbocycles. The van der Waals surface area contributed by atoms with Crippen LogP contribution in [-0.2, 0) is 4.79 Å². The first-order chi connectivity index (χ1) is 3.77. The van der Waals surface area contributed by atoms with E-state index in [9.17, 15) is 4.79 Å². The van der Waals surface area contributed by atoms with Gasteiger partial charge in [0.15, 0.2) is 0 Å². The zero-order chi connectivity index (χ0) is 6.41. The summed E-state index contributed by atoms with van der Waals surface area (Å²) in [7, 11) is 0. The van der Waals surface area contributed by atoms with Crippen molar-refractivity contribution in [2.45, 2.75) is 19.8 Å². The number of carbonyl (C=O) groups is 1. The van der Waals surface area contributed by atoms with E-state index >= 15 is 0 Å². The quantitative estimate of drug-likeness (QED) is 0.538. The molecule has 0 aromatic heterocycles. The highest BCUT2D eigenvalue weighted by Crippen LogP contribution is 1.80. The van der Waals surface area contributed by atoms with Gasteiger partial charge in [0.2, 0.25) is 5.91 Å². The maximum atomic E-state index is 10.2. The summed E-state index contributed by atoms with van der Waals surface area (Å²) < 4.78 is 0. The van der Waals surface area contributed by atoms with E-state index in [4.69, 9.17) is 0 Å². The van der Waals surface area contributed by atoms with Crippen LogP contribution in [0.15, 0.2) is 0 Å². The molecule has 0 unspecified atom stereocenters. The summed E-state index contributed by atoms with van der Waals surface area (Å²) in [4.78, 5) is 10.2. The minimum atomic E-state index is 0.0402. The van der Waals surface area contributed by atoms with Gasteiger partial charge in [-0.25, -0.2) is 0 Å². The average Bonchev–Trinajstić information content (AvgIpc) is 1.66. The smallest absolute Gasteiger partial charge is 0.216 e. The molecule has 0 aromatic rings. The van der Waals surface area contributed by atoms with Crippen molar-refractivity contribution < 1.29 is 4.79 Å². The first kappa shape index (κ1) is 7.47. The SMILES string of the molecule is [CH2]CCCNC(C)=O. The van der Waals surface area contributed by atoms with Gasteiger partial charge in [0.25, 0.3) is 0 Å². The van der Waals surface area contributed by atoms with E-state index in [0.717, 1.165) is 19.4 Å². The third-order valence-electron chi connectivity index (χ3n) is 0.801. The van der Waals surface area contributed by atoms with Crippen molar-refractivity contribution in [2.75, 3.05) is 6.54 Å². The molecule has 1 amide bonds. The Kier molecular flexibility index (Phi) is 4.32. The molecule has 0 aliphatic carbocycles. The second-order valence-electron chi connectivity index (χ2n) is 1.69. The Bertz CT molecular complexity index is 70.9. The van der Waals surface area contributed by atoms with Gasteiger partial charge in [0.05, 0.1) is 0 Å². The number of carbonyl (C=O) groups excluding carboxylic acids is 1. The lowest BCUT2D eigenvalue weighted by molar-refractivity contribution is -0.118. The number of hydrogen-bond acceptors (Lipinski definition) is 1. The number of nitrogens with one attached hydrogen (secondary N) is 1. The van der Waals surface area contributed by atoms with Crippen LogP contribution >= 0.6 is 0 Å². The van der Waals surface area contributed by atoms with Gasteiger partial charge in [-0.2, -0.15) is 0 Å². The Hall–Kier alpha value is -0.530. The Morgan fingerprint density at radius 2 is 2.38 bits per heavy atom. The molecular formula is C6H12NO. The van der Waals surface area contributed by atoms with Gasteiger partial charge in [-0.15, -0.1) is 0 Å². The third-order valence-corrected chi connectivity index (χ3v) is 0.801. The number of amides is 1. The highest BCUT2D eigenvalue weighted by molar-refractivity contribution is 5.72. The van der Waals surface area contributed by atoms with Crippen LogP contribution in [0.4, 0.5) is 0 Å². The van der Waals surface area contributed by atoms with Gasteiger partial charge in [-0.1, -0.05) is 13.3 Å². The van der Waals surface area contributed by atoms with Gasteiger partial charge >= 0.3 is 0 Å². The predicted octanol–water partition coefficient (Wildman–Crippen LogP) is 0.737. The largest absolute Gasteiger partial charge is 0.356 e. The number of unbranched alkanes of at least 4 members (excludes halogenated alkanes) is 1. The number of rotatable bonds is 3. The standard InChI is InChI=1S/C6H12NO/c1-3-4-5-7-6(2)8/h1,3-5H2,2H3,(H,7,8). The fourth-order valence-corrected chi connectivity index (χ4v) is 0.389. The summed E-state index contributed by atoms with van der Waals surface area (Å²) in [5, 5.41) is 2.67. The zero-order valence-corrected chi connectivity index (χ0v) is 5.24. The molecule has 0 heterocycles. The van der Waals surface area contributed by atoms with E-state index < -0.39 is 0 Å². The van der Waals surface area contributed by atoms with Crippen LogP contribution in [0.5, 0.6) is 0 Å². The van der Waals surface area contributed by atoms with Gasteiger partial charge in [-0.05, 0) is 6.42 Å². The highest BCUT2D eigenvalue weighted by Gasteiger charge is 1.85. The lowest BCUT2D eigenvalue weighted by Crippen LogP contribution is -2.20. The van der Waals surface area contributed by atoms with Crippen LogP contribution in [0.2, 0.25) is 0 Å². The first-order valence-electron chi connectivity index (χ1n) is 2.81. The monoisotopic (exact) mass is 114 g/mol. The fourth-order valence-electron chi connectivity index (χ4n) is 0.389. The second kappa shape index (κ2) is 4.62. The van der Waals surface area contributed by atoms with Crippen LogP contribution < -0.4 is 5.32 Å². The van der Waals surface area contributed by atoms with E-state index in [1.54, 1.807) is 0 Å². The summed E-state index contributed by atoms with van der Waals surface area (Å²) in [5.41, 5.74) is 0. The summed E-state index contributed by atoms with van der Waals surface area (Å²) >= 11 is 0. The number of hydrogen-bond donors (Lipinski definition) is 1. The van der Waals surface area contributed by atoms with Gasteiger partial charge in [0.1, 0.15) is 0 Å². The van der Waals surface area contributed by atoms with Crippen LogP contribution in [0.25, 0.3) is 0 Å². The lowest BCUT2D eigenvalue weighted by Gasteiger charge is -1.96. The van der Waals surface area contributed by atoms with Gasteiger partial charge < -0.3 is 5.32 Å². The van der Waals surface area contributed by atoms with E-state index in [0.29, 0.717) is 0 Å². The van der Waals surface area contributed by atoms with Crippen molar-refractivity contribution >= 4 is 5.91 Å². The Labute approximate surface area is 50.3 Å². The normalized spacial score (nSPS) is 8.75. The van der Waals surface area contributed by atoms with E-state index in [1.807, 2.05) is 0 Å². The Morgan fingerprint density at radius 1 is 1.75 bits per heavy atom. The van der Waals surface area contributed by atoms with Gasteiger partial charge in [0, 0.05) is 13.5 Å². The van der Waals surface area contributed by atoms with Crippen molar-refractivity contribution in [3.8, 4) is 0 Å². The van der Waals surface area contributed by atoms with Crippen LogP contribution in [0.1, 0.15) is 19.8 Å². The fraction of sp³-hybridized carbons (Fsp3) is 0.667. The predicted molar refractivity (Wildman–Crippen MR) is 33.3 cm³/mol. The molecule has 2 nitrogen and oxygen atoms in total. The summed E-state index contributed by atoms with van der Waals surface area (Å²) in [6, 6.07) is 0. The topological polar surface area (TPSA) is 29.1 Å². The van der Waals surface area contributed by atoms with Crippen molar-refractivity contribution in [1.29, 1.82) is 0 Å². The molecule has 0 rings (SSSR count). The van der Waals surface area contributed by atoms with E-state index in [1.165, 1.54) is 6.92 Å². The summed E-state index contributed by atoms with van der Waals surface area (Å²) in [5.74, 6) is 0.0402. The van der Waals surface area contributed by atoms with Crippen LogP contribution in [-0.4, -0.2) is 12.5 Å². The molecule has 0 aromatic carbocycles. The molecule has 0 aliphatic heterocycles. The van der Waals surface area contributed by atoms with Crippen molar-refractivity contribution in [3.63, 3.8) is 0 Å². The summed E-state index contributed by atoms with van der Waals surface area (Å²) in [6.07, 6.45) is 1.86. The van der Waals surface area contributed by atoms with E-state index in [-0.39, 0.29) is 5.91 Å². The molecular weight excluding hydrogens is 102 g/mol. The average molecular weight is 114 g/mol. The van der Waals surface area contributed by atoms with Crippen molar-refractivity contribution in [2.24, 2.45) is 0 Å². The minimum absolute atomic E-state index is 0.0402. The molecule has 0 atom stereocenters. The lowest BCUT2D eigenvalue weighted by atomic mass is 10.3. The molecule has 2 heteroatoms. The van der Waals surface area contributed by atoms with Crippen LogP contribution in [0.3, 0.4) is 0 Å². The molecule has 47 valence electrons. The van der Waals surface area contributed by atoms with E-state index in [2.05, 4.69) is 12.2 Å². The Balaban J connectivity index is 2.82. The zero-order valence-electron chi connectivity index (χ0n) is 5.24. The molecule has 0 spiro atoms. The molecule has 0 bridgehead atoms. The second-order valence-corrected chi connectivity index (χ2v) is 1.69. The van der Waals surface area contributed by atoms with Crippen LogP contribution in [0, 0.1) is 6.92 Å². The van der Waals surface area contributed by atoms with Crippen molar-refractivity contribution in [3.05, 3.63) is 6.92 Å². The highest BCUT2D eigenvalue weighted by atomic mass is 16.1. The third kappa shape index (κ3) is 5.47. The Morgan fingerprint density at radius 3 is 2.75 bits per heavy atom. The molecule has 1 radical (unpaired) electrons. The van der Waals surface area contributed by atoms with Gasteiger partial charge in [-0.3, -0.25) is 4.79 Å². The molecule has 0 aliphatic rings. The van der Waals surface area contributed by atoms with Crippen molar-refractivity contribution in [1.82, 2.24) is 5.32 Å². The first-order valence-corrected chi connectivity index (χ1v) is 2.81. The molecule has 0 fully saturated rings. The minimum Gasteiger partial charge on any atom is -0.356 e.